The van der Waals surface area contributed by atoms with Gasteiger partial charge in [0.2, 0.25) is 0 Å². The van der Waals surface area contributed by atoms with Gasteiger partial charge in [-0.25, -0.2) is 0 Å². The first-order valence-corrected chi connectivity index (χ1v) is 8.92. The lowest BCUT2D eigenvalue weighted by molar-refractivity contribution is 0.466. The van der Waals surface area contributed by atoms with Gasteiger partial charge in [-0.15, -0.1) is 0 Å². The first kappa shape index (κ1) is 17.7. The zero-order valence-corrected chi connectivity index (χ0v) is 17.3. The van der Waals surface area contributed by atoms with Gasteiger partial charge in [0.15, 0.2) is 11.5 Å². The van der Waals surface area contributed by atoms with E-state index >= 15 is 0 Å². The Morgan fingerprint density at radius 2 is 1.04 bits per heavy atom. The van der Waals surface area contributed by atoms with Gasteiger partial charge in [0.05, 0.1) is 11.4 Å². The molecule has 0 fully saturated rings. The number of anilines is 3. The fourth-order valence-electron chi connectivity index (χ4n) is 4.29. The van der Waals surface area contributed by atoms with Crippen molar-refractivity contribution in [3.05, 3.63) is 38.9 Å². The van der Waals surface area contributed by atoms with Crippen LogP contribution in [-0.4, -0.2) is 21.1 Å². The van der Waals surface area contributed by atoms with Crippen LogP contribution in [0.1, 0.15) is 38.9 Å². The maximum Gasteiger partial charge on any atom is 0.156 e. The van der Waals surface area contributed by atoms with Crippen LogP contribution in [0.25, 0.3) is 0 Å². The van der Waals surface area contributed by atoms with Crippen molar-refractivity contribution in [3.63, 3.8) is 0 Å². The normalized spacial score (nSPS) is 12.6. The topological polar surface area (TPSA) is 15.7 Å². The summed E-state index contributed by atoms with van der Waals surface area (Å²) in [6, 6.07) is 0. The molecule has 0 saturated carbocycles. The summed E-state index contributed by atoms with van der Waals surface area (Å²) in [6.45, 7) is 15.4. The van der Waals surface area contributed by atoms with Crippen LogP contribution in [0, 0.1) is 48.5 Å². The van der Waals surface area contributed by atoms with Crippen LogP contribution in [0.2, 0.25) is 0 Å². The molecule has 0 bridgehead atoms. The molecule has 3 heteroatoms. The van der Waals surface area contributed by atoms with Crippen molar-refractivity contribution in [2.24, 2.45) is 0 Å². The van der Waals surface area contributed by atoms with Gasteiger partial charge >= 0.3 is 0 Å². The van der Waals surface area contributed by atoms with Crippen molar-refractivity contribution in [3.8, 4) is 11.5 Å². The summed E-state index contributed by atoms with van der Waals surface area (Å²) >= 11 is 0. The van der Waals surface area contributed by atoms with E-state index in [2.05, 4.69) is 79.4 Å². The van der Waals surface area contributed by atoms with E-state index in [1.807, 2.05) is 0 Å². The molecule has 134 valence electrons. The highest BCUT2D eigenvalue weighted by molar-refractivity contribution is 5.88. The molecule has 0 N–H and O–H groups in total. The van der Waals surface area contributed by atoms with E-state index in [0.717, 1.165) is 11.5 Å². The van der Waals surface area contributed by atoms with Gasteiger partial charge in [-0.05, 0) is 81.8 Å². The monoisotopic (exact) mass is 338 g/mol. The van der Waals surface area contributed by atoms with Crippen LogP contribution in [-0.2, 0) is 0 Å². The van der Waals surface area contributed by atoms with Gasteiger partial charge < -0.3 is 14.5 Å². The van der Waals surface area contributed by atoms with E-state index in [4.69, 9.17) is 4.74 Å². The Labute approximate surface area is 152 Å². The number of fused-ring (bicyclic) bond motifs is 2. The number of hydrogen-bond acceptors (Lipinski definition) is 3. The predicted octanol–water partition coefficient (Wildman–Crippen LogP) is 5.79. The van der Waals surface area contributed by atoms with Crippen molar-refractivity contribution in [1.29, 1.82) is 0 Å². The number of hydrogen-bond donors (Lipinski definition) is 0. The Hall–Kier alpha value is -2.16. The van der Waals surface area contributed by atoms with Gasteiger partial charge in [-0.2, -0.15) is 0 Å². The quantitative estimate of drug-likeness (QED) is 0.655. The SMILES string of the molecule is Cc1c(C)c(C)c2c(c1C)Oc1c(C)c(N(C)C)c(C)c(C)c1N2C. The number of rotatable bonds is 1. The fourth-order valence-corrected chi connectivity index (χ4v) is 4.29. The number of ether oxygens (including phenoxy) is 1. The summed E-state index contributed by atoms with van der Waals surface area (Å²) in [5.41, 5.74) is 12.7. The molecule has 0 unspecified atom stereocenters. The standard InChI is InChI=1S/C22H30N2O/c1-11-12(2)16(6)21-19(13(11)3)24(10)20-15(5)14(4)18(23(8)9)17(7)22(20)25-21/h1-10H3. The summed E-state index contributed by atoms with van der Waals surface area (Å²) in [7, 11) is 6.37. The molecular weight excluding hydrogens is 308 g/mol. The Morgan fingerprint density at radius 1 is 0.600 bits per heavy atom. The third-order valence-electron chi connectivity index (χ3n) is 6.10. The highest BCUT2D eigenvalue weighted by Gasteiger charge is 2.32. The average molecular weight is 338 g/mol. The smallest absolute Gasteiger partial charge is 0.156 e. The lowest BCUT2D eigenvalue weighted by Crippen LogP contribution is -2.23. The molecular formula is C22H30N2O. The van der Waals surface area contributed by atoms with Gasteiger partial charge in [-0.3, -0.25) is 0 Å². The zero-order valence-electron chi connectivity index (χ0n) is 17.3. The fraction of sp³-hybridized carbons (Fsp3) is 0.455. The second-order valence-corrected chi connectivity index (χ2v) is 7.63. The number of nitrogens with zero attached hydrogens (tertiary/aromatic N) is 2. The summed E-state index contributed by atoms with van der Waals surface area (Å²) in [6.07, 6.45) is 0. The molecule has 0 aliphatic carbocycles. The van der Waals surface area contributed by atoms with E-state index in [1.54, 1.807) is 0 Å². The highest BCUT2D eigenvalue weighted by Crippen LogP contribution is 2.55. The van der Waals surface area contributed by atoms with Gasteiger partial charge in [0.1, 0.15) is 0 Å². The van der Waals surface area contributed by atoms with Crippen molar-refractivity contribution in [2.45, 2.75) is 48.5 Å². The van der Waals surface area contributed by atoms with E-state index in [0.29, 0.717) is 0 Å². The highest BCUT2D eigenvalue weighted by atomic mass is 16.5. The van der Waals surface area contributed by atoms with Crippen LogP contribution >= 0.6 is 0 Å². The molecule has 0 amide bonds. The van der Waals surface area contributed by atoms with Crippen molar-refractivity contribution < 1.29 is 4.74 Å². The summed E-state index contributed by atoms with van der Waals surface area (Å²) in [5, 5.41) is 0. The second-order valence-electron chi connectivity index (χ2n) is 7.63. The molecule has 0 atom stereocenters. The average Bonchev–Trinajstić information content (AvgIpc) is 2.55. The lowest BCUT2D eigenvalue weighted by Gasteiger charge is -2.37. The predicted molar refractivity (Wildman–Crippen MR) is 109 cm³/mol. The van der Waals surface area contributed by atoms with Crippen molar-refractivity contribution in [1.82, 2.24) is 0 Å². The summed E-state index contributed by atoms with van der Waals surface area (Å²) in [5.74, 6) is 2.00. The third kappa shape index (κ3) is 2.25. The molecule has 2 aromatic rings. The molecule has 25 heavy (non-hydrogen) atoms. The molecule has 0 saturated heterocycles. The van der Waals surface area contributed by atoms with Gasteiger partial charge in [0, 0.05) is 32.4 Å². The second kappa shape index (κ2) is 5.69. The third-order valence-corrected chi connectivity index (χ3v) is 6.10. The Bertz CT molecular complexity index is 894. The minimum Gasteiger partial charge on any atom is -0.452 e. The molecule has 2 aromatic carbocycles. The molecule has 1 heterocycles. The Balaban J connectivity index is 2.39. The molecule has 1 aliphatic heterocycles. The Morgan fingerprint density at radius 3 is 1.56 bits per heavy atom. The number of benzene rings is 2. The first-order valence-electron chi connectivity index (χ1n) is 8.92. The maximum atomic E-state index is 6.58. The van der Waals surface area contributed by atoms with Crippen LogP contribution in [0.3, 0.4) is 0 Å². The van der Waals surface area contributed by atoms with Crippen molar-refractivity contribution >= 4 is 17.1 Å². The molecule has 0 radical (unpaired) electrons. The van der Waals surface area contributed by atoms with E-state index in [1.165, 1.54) is 56.0 Å². The largest absolute Gasteiger partial charge is 0.452 e. The molecule has 0 spiro atoms. The summed E-state index contributed by atoms with van der Waals surface area (Å²) < 4.78 is 6.58. The lowest BCUT2D eigenvalue weighted by atomic mass is 9.92. The first-order chi connectivity index (χ1) is 11.6. The van der Waals surface area contributed by atoms with Gasteiger partial charge in [-0.1, -0.05) is 0 Å². The van der Waals surface area contributed by atoms with E-state index in [9.17, 15) is 0 Å². The van der Waals surface area contributed by atoms with E-state index < -0.39 is 0 Å². The van der Waals surface area contributed by atoms with Crippen LogP contribution in [0.4, 0.5) is 17.1 Å². The van der Waals surface area contributed by atoms with Crippen LogP contribution < -0.4 is 14.5 Å². The molecule has 3 rings (SSSR count). The molecule has 1 aliphatic rings. The minimum absolute atomic E-state index is 0.993. The van der Waals surface area contributed by atoms with Crippen LogP contribution in [0.15, 0.2) is 0 Å². The zero-order chi connectivity index (χ0) is 18.8. The molecule has 0 aromatic heterocycles. The summed E-state index contributed by atoms with van der Waals surface area (Å²) in [4.78, 5) is 4.52. The van der Waals surface area contributed by atoms with Gasteiger partial charge in [0.25, 0.3) is 0 Å². The minimum atomic E-state index is 0.993. The van der Waals surface area contributed by atoms with Crippen molar-refractivity contribution in [2.75, 3.05) is 30.9 Å². The van der Waals surface area contributed by atoms with E-state index in [-0.39, 0.29) is 0 Å². The molecule has 3 nitrogen and oxygen atoms in total. The van der Waals surface area contributed by atoms with Crippen LogP contribution in [0.5, 0.6) is 11.5 Å². The Kier molecular flexibility index (Phi) is 4.02. The maximum absolute atomic E-state index is 6.58.